The van der Waals surface area contributed by atoms with Crippen LogP contribution in [0.3, 0.4) is 0 Å². The quantitative estimate of drug-likeness (QED) is 0.143. The minimum absolute atomic E-state index is 0.0964. The number of rotatable bonds is 19. The van der Waals surface area contributed by atoms with Crippen molar-refractivity contribution in [2.45, 2.75) is 129 Å². The summed E-state index contributed by atoms with van der Waals surface area (Å²) in [5.74, 6) is -0.846. The molecule has 5 heteroatoms. The molecule has 0 spiro atoms. The SMILES string of the molecule is CCCCCCCCCCCCCCCCC/C=C1\CC(CO)(COC(C)=O)OC1=O. The zero-order chi connectivity index (χ0) is 22.8. The van der Waals surface area contributed by atoms with E-state index in [0.717, 1.165) is 12.8 Å². The summed E-state index contributed by atoms with van der Waals surface area (Å²) in [6.07, 6.45) is 23.1. The van der Waals surface area contributed by atoms with Crippen LogP contribution >= 0.6 is 0 Å². The molecule has 1 unspecified atom stereocenters. The second-order valence-corrected chi connectivity index (χ2v) is 9.16. The van der Waals surface area contributed by atoms with Crippen LogP contribution in [0.4, 0.5) is 0 Å². The fourth-order valence-electron chi connectivity index (χ4n) is 4.11. The molecule has 180 valence electrons. The van der Waals surface area contributed by atoms with Gasteiger partial charge >= 0.3 is 11.9 Å². The Hall–Kier alpha value is -1.36. The van der Waals surface area contributed by atoms with Gasteiger partial charge in [-0.3, -0.25) is 4.79 Å². The molecule has 0 aromatic heterocycles. The number of unbranched alkanes of at least 4 members (excludes halogenated alkanes) is 15. The van der Waals surface area contributed by atoms with Crippen molar-refractivity contribution in [2.75, 3.05) is 13.2 Å². The highest BCUT2D eigenvalue weighted by Gasteiger charge is 2.44. The van der Waals surface area contributed by atoms with Crippen LogP contribution in [0.1, 0.15) is 123 Å². The van der Waals surface area contributed by atoms with Gasteiger partial charge in [-0.25, -0.2) is 4.79 Å². The van der Waals surface area contributed by atoms with Gasteiger partial charge in [-0.2, -0.15) is 0 Å². The molecule has 1 fully saturated rings. The minimum atomic E-state index is -1.11. The number of allylic oxidation sites excluding steroid dienone is 1. The van der Waals surface area contributed by atoms with E-state index in [2.05, 4.69) is 6.92 Å². The van der Waals surface area contributed by atoms with Gasteiger partial charge in [0.1, 0.15) is 6.61 Å². The molecule has 0 aromatic carbocycles. The van der Waals surface area contributed by atoms with Crippen molar-refractivity contribution >= 4 is 11.9 Å². The number of aliphatic hydroxyl groups excluding tert-OH is 1. The highest BCUT2D eigenvalue weighted by Crippen LogP contribution is 2.31. The normalized spacial score (nSPS) is 19.7. The Bertz CT molecular complexity index is 528. The van der Waals surface area contributed by atoms with Crippen LogP contribution in [0.5, 0.6) is 0 Å². The van der Waals surface area contributed by atoms with Gasteiger partial charge in [0.2, 0.25) is 0 Å². The fourth-order valence-corrected chi connectivity index (χ4v) is 4.11. The molecule has 1 rings (SSSR count). The Kier molecular flexibility index (Phi) is 15.4. The molecule has 1 saturated heterocycles. The van der Waals surface area contributed by atoms with E-state index in [-0.39, 0.29) is 13.2 Å². The number of carbonyl (C=O) groups excluding carboxylic acids is 2. The maximum atomic E-state index is 12.0. The van der Waals surface area contributed by atoms with Crippen LogP contribution in [0.25, 0.3) is 0 Å². The minimum Gasteiger partial charge on any atom is -0.462 e. The van der Waals surface area contributed by atoms with Crippen LogP contribution < -0.4 is 0 Å². The third-order valence-corrected chi connectivity index (χ3v) is 6.11. The van der Waals surface area contributed by atoms with Crippen molar-refractivity contribution in [2.24, 2.45) is 0 Å². The predicted molar refractivity (Wildman–Crippen MR) is 125 cm³/mol. The van der Waals surface area contributed by atoms with Gasteiger partial charge in [0.25, 0.3) is 0 Å². The summed E-state index contributed by atoms with van der Waals surface area (Å²) in [7, 11) is 0. The van der Waals surface area contributed by atoms with Crippen LogP contribution in [0.2, 0.25) is 0 Å². The van der Waals surface area contributed by atoms with E-state index >= 15 is 0 Å². The summed E-state index contributed by atoms with van der Waals surface area (Å²) >= 11 is 0. The zero-order valence-electron chi connectivity index (χ0n) is 20.1. The maximum absolute atomic E-state index is 12.0. The molecule has 0 aromatic rings. The Labute approximate surface area is 190 Å². The largest absolute Gasteiger partial charge is 0.462 e. The van der Waals surface area contributed by atoms with Crippen molar-refractivity contribution < 1.29 is 24.2 Å². The summed E-state index contributed by atoms with van der Waals surface area (Å²) in [6, 6.07) is 0. The van der Waals surface area contributed by atoms with E-state index in [1.165, 1.54) is 96.8 Å². The van der Waals surface area contributed by atoms with Gasteiger partial charge in [-0.05, 0) is 12.8 Å². The number of ether oxygens (including phenoxy) is 2. The average Bonchev–Trinajstić information content (AvgIpc) is 3.08. The predicted octanol–water partition coefficient (Wildman–Crippen LogP) is 6.42. The number of esters is 2. The Morgan fingerprint density at radius 3 is 1.87 bits per heavy atom. The molecule has 5 nitrogen and oxygen atoms in total. The van der Waals surface area contributed by atoms with Crippen molar-refractivity contribution in [3.8, 4) is 0 Å². The first-order valence-corrected chi connectivity index (χ1v) is 12.7. The average molecular weight is 439 g/mol. The first-order valence-electron chi connectivity index (χ1n) is 12.7. The molecule has 0 amide bonds. The summed E-state index contributed by atoms with van der Waals surface area (Å²) in [5.41, 5.74) is -0.518. The molecule has 1 atom stereocenters. The van der Waals surface area contributed by atoms with E-state index in [1.54, 1.807) is 0 Å². The molecule has 0 radical (unpaired) electrons. The van der Waals surface area contributed by atoms with Gasteiger partial charge in [0.15, 0.2) is 5.60 Å². The lowest BCUT2D eigenvalue weighted by Crippen LogP contribution is -2.39. The van der Waals surface area contributed by atoms with Crippen LogP contribution in [0.15, 0.2) is 11.6 Å². The van der Waals surface area contributed by atoms with E-state index in [1.807, 2.05) is 6.08 Å². The van der Waals surface area contributed by atoms with Crippen molar-refractivity contribution in [3.05, 3.63) is 11.6 Å². The summed E-state index contributed by atoms with van der Waals surface area (Å²) < 4.78 is 10.3. The lowest BCUT2D eigenvalue weighted by molar-refractivity contribution is -0.164. The molecule has 1 heterocycles. The standard InChI is InChI=1S/C26H46O5/c1-3-4-5-6-7-8-9-10-11-12-13-14-15-16-17-18-19-24-20-26(21-27,31-25(24)29)22-30-23(2)28/h19,27H,3-18,20-22H2,1-2H3/b24-19+. The fraction of sp³-hybridized carbons (Fsp3) is 0.846. The number of carbonyl (C=O) groups is 2. The lowest BCUT2D eigenvalue weighted by Gasteiger charge is -2.23. The van der Waals surface area contributed by atoms with Crippen LogP contribution in [-0.2, 0) is 19.1 Å². The first kappa shape index (κ1) is 27.7. The van der Waals surface area contributed by atoms with E-state index in [9.17, 15) is 14.7 Å². The van der Waals surface area contributed by atoms with Crippen LogP contribution in [0, 0.1) is 0 Å². The first-order chi connectivity index (χ1) is 15.0. The molecule has 31 heavy (non-hydrogen) atoms. The number of hydrogen-bond acceptors (Lipinski definition) is 5. The molecule has 1 aliphatic rings. The van der Waals surface area contributed by atoms with Gasteiger partial charge in [-0.1, -0.05) is 103 Å². The molecule has 1 N–H and O–H groups in total. The lowest BCUT2D eigenvalue weighted by atomic mass is 9.98. The van der Waals surface area contributed by atoms with Crippen LogP contribution in [-0.4, -0.2) is 35.9 Å². The third-order valence-electron chi connectivity index (χ3n) is 6.11. The molecule has 0 saturated carbocycles. The second-order valence-electron chi connectivity index (χ2n) is 9.16. The van der Waals surface area contributed by atoms with E-state index < -0.39 is 17.5 Å². The van der Waals surface area contributed by atoms with Crippen molar-refractivity contribution in [1.82, 2.24) is 0 Å². The zero-order valence-corrected chi connectivity index (χ0v) is 20.1. The summed E-state index contributed by atoms with van der Waals surface area (Å²) in [5, 5.41) is 9.58. The van der Waals surface area contributed by atoms with Gasteiger partial charge in [-0.15, -0.1) is 0 Å². The molecule has 1 aliphatic heterocycles. The smallest absolute Gasteiger partial charge is 0.334 e. The molecule has 0 aliphatic carbocycles. The maximum Gasteiger partial charge on any atom is 0.334 e. The second kappa shape index (κ2) is 17.2. The van der Waals surface area contributed by atoms with Gasteiger partial charge in [0.05, 0.1) is 6.61 Å². The van der Waals surface area contributed by atoms with Crippen molar-refractivity contribution in [1.29, 1.82) is 0 Å². The highest BCUT2D eigenvalue weighted by molar-refractivity contribution is 5.91. The molecular weight excluding hydrogens is 392 g/mol. The monoisotopic (exact) mass is 438 g/mol. The summed E-state index contributed by atoms with van der Waals surface area (Å²) in [4.78, 5) is 23.0. The van der Waals surface area contributed by atoms with Gasteiger partial charge in [0, 0.05) is 18.9 Å². The Balaban J connectivity index is 1.99. The molecular formula is C26H46O5. The van der Waals surface area contributed by atoms with E-state index in [0.29, 0.717) is 12.0 Å². The number of aliphatic hydroxyl groups is 1. The third kappa shape index (κ3) is 12.9. The summed E-state index contributed by atoms with van der Waals surface area (Å²) in [6.45, 7) is 3.13. The van der Waals surface area contributed by atoms with Crippen molar-refractivity contribution in [3.63, 3.8) is 0 Å². The van der Waals surface area contributed by atoms with Gasteiger partial charge < -0.3 is 14.6 Å². The number of hydrogen-bond donors (Lipinski definition) is 1. The highest BCUT2D eigenvalue weighted by atomic mass is 16.6. The van der Waals surface area contributed by atoms with E-state index in [4.69, 9.17) is 9.47 Å². The Morgan fingerprint density at radius 2 is 1.42 bits per heavy atom. The number of cyclic esters (lactones) is 1. The Morgan fingerprint density at radius 1 is 0.935 bits per heavy atom. The molecule has 0 bridgehead atoms. The topological polar surface area (TPSA) is 72.8 Å².